The molecule has 1 rings (SSSR count). The number of carbonyl (C=O) groups excluding carboxylic acids is 1. The van der Waals surface area contributed by atoms with Crippen molar-refractivity contribution >= 4 is 16.1 Å². The van der Waals surface area contributed by atoms with Crippen LogP contribution in [0, 0.1) is 0 Å². The molecule has 1 aliphatic heterocycles. The number of hydrogen-bond acceptors (Lipinski definition) is 3. The third kappa shape index (κ3) is 1.83. The molecule has 6 heteroatoms. The fourth-order valence-corrected chi connectivity index (χ4v) is 2.05. The molecule has 1 N–H and O–H groups in total. The first-order valence-corrected chi connectivity index (χ1v) is 5.00. The number of amides is 2. The zero-order chi connectivity index (χ0) is 8.48. The third-order valence-electron chi connectivity index (χ3n) is 1.35. The molecule has 0 spiro atoms. The molecular weight excluding hydrogens is 168 g/mol. The minimum Gasteiger partial charge on any atom is -0.308 e. The van der Waals surface area contributed by atoms with E-state index in [1.807, 2.05) is 11.6 Å². The summed E-state index contributed by atoms with van der Waals surface area (Å²) in [5.41, 5.74) is 0. The summed E-state index contributed by atoms with van der Waals surface area (Å²) in [4.78, 5) is 12.1. The number of sulfonamides is 1. The van der Waals surface area contributed by atoms with Crippen LogP contribution in [0.1, 0.15) is 13.3 Å². The smallest absolute Gasteiger partial charge is 0.308 e. The minimum absolute atomic E-state index is 0.195. The van der Waals surface area contributed by atoms with Crippen molar-refractivity contribution in [2.75, 3.05) is 12.4 Å². The summed E-state index contributed by atoms with van der Waals surface area (Å²) < 4.78 is 23.4. The molecule has 0 aromatic rings. The van der Waals surface area contributed by atoms with Crippen molar-refractivity contribution < 1.29 is 13.2 Å². The topological polar surface area (TPSA) is 66.5 Å². The first kappa shape index (κ1) is 8.32. The minimum atomic E-state index is -3.34. The Morgan fingerprint density at radius 2 is 2.27 bits per heavy atom. The summed E-state index contributed by atoms with van der Waals surface area (Å²) in [6, 6.07) is -0.508. The van der Waals surface area contributed by atoms with Gasteiger partial charge >= 0.3 is 6.03 Å². The van der Waals surface area contributed by atoms with Gasteiger partial charge in [0.25, 0.3) is 10.0 Å². The maximum Gasteiger partial charge on any atom is 0.332 e. The van der Waals surface area contributed by atoms with Crippen LogP contribution in [0.4, 0.5) is 4.79 Å². The van der Waals surface area contributed by atoms with Gasteiger partial charge in [0.05, 0.1) is 0 Å². The molecule has 1 saturated heterocycles. The lowest BCUT2D eigenvalue weighted by Gasteiger charge is -2.08. The fourth-order valence-electron chi connectivity index (χ4n) is 0.930. The van der Waals surface area contributed by atoms with Crippen LogP contribution in [-0.2, 0) is 10.0 Å². The molecule has 5 nitrogen and oxygen atoms in total. The Morgan fingerprint density at radius 1 is 1.64 bits per heavy atom. The first-order valence-electron chi connectivity index (χ1n) is 3.34. The highest BCUT2D eigenvalue weighted by Crippen LogP contribution is 2.04. The van der Waals surface area contributed by atoms with Gasteiger partial charge in [-0.2, -0.15) is 0 Å². The van der Waals surface area contributed by atoms with Crippen LogP contribution in [0.25, 0.3) is 0 Å². The lowest BCUT2D eigenvalue weighted by atomic mass is 10.4. The van der Waals surface area contributed by atoms with Gasteiger partial charge in [-0.3, -0.25) is 0 Å². The molecule has 64 valence electrons. The van der Waals surface area contributed by atoms with Gasteiger partial charge in [-0.1, -0.05) is 6.92 Å². The normalized spacial score (nSPS) is 21.9. The lowest BCUT2D eigenvalue weighted by Crippen LogP contribution is -2.28. The van der Waals surface area contributed by atoms with E-state index < -0.39 is 16.1 Å². The quantitative estimate of drug-likeness (QED) is 0.631. The Hall–Kier alpha value is -0.780. The Bertz CT molecular complexity index is 259. The van der Waals surface area contributed by atoms with Crippen LogP contribution in [0.3, 0.4) is 0 Å². The van der Waals surface area contributed by atoms with Gasteiger partial charge in [0, 0.05) is 6.54 Å². The van der Waals surface area contributed by atoms with Crippen molar-refractivity contribution in [1.29, 1.82) is 0 Å². The summed E-state index contributed by atoms with van der Waals surface area (Å²) >= 11 is 0. The van der Waals surface area contributed by atoms with Gasteiger partial charge in [0.15, 0.2) is 0 Å². The number of hydrogen-bond donors (Lipinski definition) is 1. The second kappa shape index (κ2) is 2.69. The number of nitrogens with zero attached hydrogens (tertiary/aromatic N) is 1. The van der Waals surface area contributed by atoms with Crippen molar-refractivity contribution in [2.24, 2.45) is 0 Å². The summed E-state index contributed by atoms with van der Waals surface area (Å²) in [5, 5.41) is 0. The molecular formula is C5H10N2O3S. The van der Waals surface area contributed by atoms with E-state index in [1.54, 1.807) is 0 Å². The Morgan fingerprint density at radius 3 is 2.64 bits per heavy atom. The molecule has 0 atom stereocenters. The van der Waals surface area contributed by atoms with E-state index in [0.29, 0.717) is 6.54 Å². The van der Waals surface area contributed by atoms with Crippen molar-refractivity contribution in [3.05, 3.63) is 0 Å². The van der Waals surface area contributed by atoms with Crippen molar-refractivity contribution in [1.82, 2.24) is 9.62 Å². The van der Waals surface area contributed by atoms with Crippen LogP contribution < -0.4 is 4.72 Å². The number of carbonyl (C=O) groups is 1. The highest BCUT2D eigenvalue weighted by molar-refractivity contribution is 7.90. The predicted molar refractivity (Wildman–Crippen MR) is 39.3 cm³/mol. The third-order valence-corrected chi connectivity index (χ3v) is 2.49. The second-order valence-electron chi connectivity index (χ2n) is 2.41. The average Bonchev–Trinajstić information content (AvgIpc) is 2.07. The van der Waals surface area contributed by atoms with Crippen LogP contribution in [-0.4, -0.2) is 31.8 Å². The van der Waals surface area contributed by atoms with Gasteiger partial charge in [-0.15, -0.1) is 0 Å². The van der Waals surface area contributed by atoms with Gasteiger partial charge in [0.2, 0.25) is 0 Å². The first-order chi connectivity index (χ1) is 5.05. The fraction of sp³-hybridized carbons (Fsp3) is 0.800. The van der Waals surface area contributed by atoms with Gasteiger partial charge < -0.3 is 4.90 Å². The molecule has 0 aromatic carbocycles. The highest BCUT2D eigenvalue weighted by atomic mass is 32.2. The van der Waals surface area contributed by atoms with E-state index in [4.69, 9.17) is 0 Å². The molecule has 1 aliphatic rings. The SMILES string of the molecule is CCCN1CS(=O)(=O)NC1=O. The van der Waals surface area contributed by atoms with Crippen molar-refractivity contribution in [3.8, 4) is 0 Å². The van der Waals surface area contributed by atoms with Crippen molar-refractivity contribution in [3.63, 3.8) is 0 Å². The largest absolute Gasteiger partial charge is 0.332 e. The Balaban J connectivity index is 2.67. The Labute approximate surface area is 65.4 Å². The van der Waals surface area contributed by atoms with E-state index in [0.717, 1.165) is 6.42 Å². The van der Waals surface area contributed by atoms with Crippen LogP contribution in [0.15, 0.2) is 0 Å². The van der Waals surface area contributed by atoms with Crippen LogP contribution in [0.2, 0.25) is 0 Å². The summed E-state index contributed by atoms with van der Waals surface area (Å²) in [5.74, 6) is -0.195. The summed E-state index contributed by atoms with van der Waals surface area (Å²) in [7, 11) is -3.34. The van der Waals surface area contributed by atoms with E-state index in [2.05, 4.69) is 0 Å². The van der Waals surface area contributed by atoms with E-state index in [-0.39, 0.29) is 5.88 Å². The zero-order valence-electron chi connectivity index (χ0n) is 6.20. The molecule has 0 radical (unpaired) electrons. The van der Waals surface area contributed by atoms with Gasteiger partial charge in [0.1, 0.15) is 5.88 Å². The molecule has 0 aliphatic carbocycles. The molecule has 1 fully saturated rings. The van der Waals surface area contributed by atoms with Crippen molar-refractivity contribution in [2.45, 2.75) is 13.3 Å². The van der Waals surface area contributed by atoms with E-state index >= 15 is 0 Å². The standard InChI is InChI=1S/C5H10N2O3S/c1-2-3-7-4-11(9,10)6-5(7)8/h2-4H2,1H3,(H,6,8). The maximum absolute atomic E-state index is 10.8. The Kier molecular flexibility index (Phi) is 2.03. The zero-order valence-corrected chi connectivity index (χ0v) is 7.02. The highest BCUT2D eigenvalue weighted by Gasteiger charge is 2.30. The van der Waals surface area contributed by atoms with E-state index in [9.17, 15) is 13.2 Å². The molecule has 1 heterocycles. The van der Waals surface area contributed by atoms with Crippen LogP contribution >= 0.6 is 0 Å². The monoisotopic (exact) mass is 178 g/mol. The second-order valence-corrected chi connectivity index (χ2v) is 4.11. The predicted octanol–water partition coefficient (Wildman–Crippen LogP) is -0.291. The van der Waals surface area contributed by atoms with Gasteiger partial charge in [-0.25, -0.2) is 17.9 Å². The van der Waals surface area contributed by atoms with E-state index in [1.165, 1.54) is 4.90 Å². The maximum atomic E-state index is 10.8. The molecule has 11 heavy (non-hydrogen) atoms. The molecule has 0 saturated carbocycles. The molecule has 2 amide bonds. The number of rotatable bonds is 2. The van der Waals surface area contributed by atoms with Gasteiger partial charge in [-0.05, 0) is 6.42 Å². The molecule has 0 bridgehead atoms. The average molecular weight is 178 g/mol. The molecule has 0 unspecified atom stereocenters. The van der Waals surface area contributed by atoms with Crippen LogP contribution in [0.5, 0.6) is 0 Å². The summed E-state index contributed by atoms with van der Waals surface area (Å²) in [6.07, 6.45) is 0.767. The lowest BCUT2D eigenvalue weighted by molar-refractivity contribution is 0.217. The number of nitrogens with one attached hydrogen (secondary N) is 1. The molecule has 0 aromatic heterocycles. The number of urea groups is 1. The summed E-state index contributed by atoms with van der Waals surface area (Å²) in [6.45, 7) is 2.38.